The fourth-order valence-electron chi connectivity index (χ4n) is 10.9. The molecule has 0 saturated carbocycles. The third-order valence-corrected chi connectivity index (χ3v) is 15.2. The molecule has 2 heteroatoms. The van der Waals surface area contributed by atoms with Crippen molar-refractivity contribution in [3.63, 3.8) is 0 Å². The zero-order valence-electron chi connectivity index (χ0n) is 43.6. The van der Waals surface area contributed by atoms with E-state index in [1.807, 2.05) is 0 Å². The Labute approximate surface area is 404 Å². The van der Waals surface area contributed by atoms with Crippen LogP contribution in [0.5, 0.6) is 0 Å². The Hall–Kier alpha value is -5.47. The second kappa shape index (κ2) is 18.9. The van der Waals surface area contributed by atoms with E-state index < -0.39 is 0 Å². The smallest absolute Gasteiger partial charge is 0.157 e. The van der Waals surface area contributed by atoms with Crippen LogP contribution in [0.2, 0.25) is 0 Å². The van der Waals surface area contributed by atoms with Gasteiger partial charge in [0.2, 0.25) is 5.52 Å². The van der Waals surface area contributed by atoms with E-state index >= 15 is 0 Å². The second-order valence-corrected chi connectivity index (χ2v) is 23.2. The number of aromatic nitrogens is 2. The second-order valence-electron chi connectivity index (χ2n) is 23.2. The minimum Gasteiger partial charge on any atom is -0.157 e. The molecule has 0 saturated heterocycles. The van der Waals surface area contributed by atoms with Gasteiger partial charge < -0.3 is 0 Å². The SMILES string of the molecule is CCc1c2c(-c3ccc(C(C)(C)C)cc3)ccc(-c3ccc(C(C)(C)C)cc3)c2[n+](C)n1CCCCC1CCC=c2c(-c3ccc(C(C)C)cc3)ccc(-c3ccc(C(C)(C)C)cc3)c2=C1C. The maximum Gasteiger partial charge on any atom is 0.246 e. The molecule has 348 valence electrons. The summed E-state index contributed by atoms with van der Waals surface area (Å²) in [5, 5.41) is 4.27. The predicted molar refractivity (Wildman–Crippen MR) is 290 cm³/mol. The van der Waals surface area contributed by atoms with Gasteiger partial charge in [-0.2, -0.15) is 4.68 Å². The fraction of sp³-hybridized carbons (Fsp3) is 0.400. The summed E-state index contributed by atoms with van der Waals surface area (Å²) in [6, 6.07) is 47.1. The van der Waals surface area contributed by atoms with Gasteiger partial charge in [0, 0.05) is 0 Å². The lowest BCUT2D eigenvalue weighted by atomic mass is 9.84. The molecule has 0 radical (unpaired) electrons. The van der Waals surface area contributed by atoms with E-state index in [2.05, 4.69) is 234 Å². The molecule has 67 heavy (non-hydrogen) atoms. The summed E-state index contributed by atoms with van der Waals surface area (Å²) in [6.45, 7) is 31.1. The molecule has 1 aliphatic carbocycles. The average Bonchev–Trinajstić information content (AvgIpc) is 3.47. The average molecular weight is 888 g/mol. The van der Waals surface area contributed by atoms with Gasteiger partial charge in [0.15, 0.2) is 7.05 Å². The van der Waals surface area contributed by atoms with Crippen molar-refractivity contribution in [1.29, 1.82) is 0 Å². The van der Waals surface area contributed by atoms with E-state index in [1.54, 1.807) is 5.57 Å². The number of nitrogens with zero attached hydrogens (tertiary/aromatic N) is 2. The molecule has 0 bridgehead atoms. The van der Waals surface area contributed by atoms with Gasteiger partial charge in [0.05, 0.1) is 23.2 Å². The van der Waals surface area contributed by atoms with Crippen LogP contribution in [-0.2, 0) is 36.3 Å². The Morgan fingerprint density at radius 2 is 1.01 bits per heavy atom. The predicted octanol–water partition coefficient (Wildman–Crippen LogP) is 15.9. The highest BCUT2D eigenvalue weighted by Gasteiger charge is 2.28. The molecule has 0 aliphatic heterocycles. The van der Waals surface area contributed by atoms with Crippen LogP contribution in [0.15, 0.2) is 121 Å². The van der Waals surface area contributed by atoms with Gasteiger partial charge in [-0.1, -0.05) is 216 Å². The number of aryl methyl sites for hydroxylation is 2. The molecule has 1 aliphatic rings. The van der Waals surface area contributed by atoms with E-state index in [0.717, 1.165) is 25.8 Å². The topological polar surface area (TPSA) is 8.81 Å². The van der Waals surface area contributed by atoms with Crippen molar-refractivity contribution in [2.45, 2.75) is 157 Å². The largest absolute Gasteiger partial charge is 0.246 e. The number of benzene rings is 6. The first-order chi connectivity index (χ1) is 31.8. The van der Waals surface area contributed by atoms with Crippen LogP contribution in [0.4, 0.5) is 0 Å². The van der Waals surface area contributed by atoms with Crippen LogP contribution in [0.1, 0.15) is 156 Å². The highest BCUT2D eigenvalue weighted by molar-refractivity contribution is 6.02. The first-order valence-electron chi connectivity index (χ1n) is 25.6. The summed E-state index contributed by atoms with van der Waals surface area (Å²) in [6.07, 6.45) is 9.33. The van der Waals surface area contributed by atoms with Crippen molar-refractivity contribution in [2.75, 3.05) is 0 Å². The molecule has 1 unspecified atom stereocenters. The van der Waals surface area contributed by atoms with Crippen molar-refractivity contribution in [1.82, 2.24) is 4.68 Å². The van der Waals surface area contributed by atoms with E-state index in [0.29, 0.717) is 11.8 Å². The van der Waals surface area contributed by atoms with Crippen LogP contribution in [0.25, 0.3) is 67.1 Å². The number of hydrogen-bond acceptors (Lipinski definition) is 0. The highest BCUT2D eigenvalue weighted by atomic mass is 15.4. The van der Waals surface area contributed by atoms with Crippen LogP contribution in [0, 0.1) is 5.92 Å². The Kier molecular flexibility index (Phi) is 13.5. The van der Waals surface area contributed by atoms with E-state index in [9.17, 15) is 0 Å². The minimum absolute atomic E-state index is 0.110. The lowest BCUT2D eigenvalue weighted by Crippen LogP contribution is -2.40. The number of unbranched alkanes of at least 4 members (excludes halogenated alkanes) is 1. The summed E-state index contributed by atoms with van der Waals surface area (Å²) < 4.78 is 5.11. The third kappa shape index (κ3) is 9.79. The molecule has 1 heterocycles. The first kappa shape index (κ1) is 48.0. The molecule has 7 aromatic rings. The molecule has 1 atom stereocenters. The summed E-state index contributed by atoms with van der Waals surface area (Å²) in [4.78, 5) is 0. The molecule has 6 aromatic carbocycles. The van der Waals surface area contributed by atoms with E-state index in [1.165, 1.54) is 113 Å². The Morgan fingerprint density at radius 3 is 1.52 bits per heavy atom. The lowest BCUT2D eigenvalue weighted by Gasteiger charge is -2.20. The van der Waals surface area contributed by atoms with Crippen LogP contribution < -0.4 is 15.1 Å². The Bertz CT molecular complexity index is 2990. The maximum absolute atomic E-state index is 2.62. The standard InChI is InChI=1S/C65H79N2/c1-15-59-61-56(49-28-34-52(35-29-49)64(8,9)10)40-41-57(50-30-36-53(37-31-50)65(11,12)13)62(61)66(14)67(59)42-17-16-19-46-20-18-21-58-54(47-24-22-45(23-25-47)43(2)3)38-39-55(60(58)44(46)4)48-26-32-51(33-27-48)63(5,6)7/h21-41,43,46H,15-20,42H2,1-14H3/q+1. The monoisotopic (exact) mass is 888 g/mol. The molecule has 2 nitrogen and oxygen atoms in total. The summed E-state index contributed by atoms with van der Waals surface area (Å²) >= 11 is 0. The number of hydrogen-bond donors (Lipinski definition) is 0. The summed E-state index contributed by atoms with van der Waals surface area (Å²) in [5.41, 5.74) is 20.7. The molecular weight excluding hydrogens is 809 g/mol. The number of fused-ring (bicyclic) bond motifs is 2. The molecule has 0 spiro atoms. The molecule has 0 fully saturated rings. The van der Waals surface area contributed by atoms with Gasteiger partial charge >= 0.3 is 0 Å². The van der Waals surface area contributed by atoms with E-state index in [4.69, 9.17) is 0 Å². The van der Waals surface area contributed by atoms with Crippen LogP contribution in [0.3, 0.4) is 0 Å². The quantitative estimate of drug-likeness (QED) is 0.0904. The molecule has 0 N–H and O–H groups in total. The Morgan fingerprint density at radius 1 is 0.567 bits per heavy atom. The molecule has 0 amide bonds. The summed E-state index contributed by atoms with van der Waals surface area (Å²) in [5.74, 6) is 1.04. The lowest BCUT2D eigenvalue weighted by molar-refractivity contribution is -0.731. The molecular formula is C65H79N2+. The van der Waals surface area contributed by atoms with Gasteiger partial charge in [-0.25, -0.2) is 0 Å². The summed E-state index contributed by atoms with van der Waals surface area (Å²) in [7, 11) is 2.31. The van der Waals surface area contributed by atoms with Crippen molar-refractivity contribution in [3.05, 3.63) is 160 Å². The molecule has 1 aromatic heterocycles. The zero-order valence-corrected chi connectivity index (χ0v) is 43.6. The third-order valence-electron chi connectivity index (χ3n) is 15.2. The van der Waals surface area contributed by atoms with Crippen molar-refractivity contribution in [2.24, 2.45) is 13.0 Å². The molecule has 8 rings (SSSR count). The van der Waals surface area contributed by atoms with Gasteiger partial charge in [0.25, 0.3) is 0 Å². The normalized spacial score (nSPS) is 14.7. The van der Waals surface area contributed by atoms with Gasteiger partial charge in [0.1, 0.15) is 0 Å². The van der Waals surface area contributed by atoms with Gasteiger partial charge in [-0.15, -0.1) is 4.68 Å². The maximum atomic E-state index is 2.62. The van der Waals surface area contributed by atoms with Crippen LogP contribution in [-0.4, -0.2) is 4.68 Å². The van der Waals surface area contributed by atoms with Gasteiger partial charge in [-0.05, 0) is 145 Å². The number of rotatable bonds is 11. The van der Waals surface area contributed by atoms with Crippen molar-refractivity contribution < 1.29 is 4.68 Å². The van der Waals surface area contributed by atoms with Crippen molar-refractivity contribution >= 4 is 22.6 Å². The van der Waals surface area contributed by atoms with Crippen molar-refractivity contribution in [3.8, 4) is 44.5 Å². The van der Waals surface area contributed by atoms with Crippen LogP contribution >= 0.6 is 0 Å². The fourth-order valence-corrected chi connectivity index (χ4v) is 10.9. The van der Waals surface area contributed by atoms with E-state index in [-0.39, 0.29) is 16.2 Å². The zero-order chi connectivity index (χ0) is 48.0. The highest BCUT2D eigenvalue weighted by Crippen LogP contribution is 2.39. The Balaban J connectivity index is 1.15. The van der Waals surface area contributed by atoms with Gasteiger partial charge in [-0.3, -0.25) is 0 Å². The first-order valence-corrected chi connectivity index (χ1v) is 25.6. The minimum atomic E-state index is 0.110.